The summed E-state index contributed by atoms with van der Waals surface area (Å²) in [7, 11) is 0. The van der Waals surface area contributed by atoms with Gasteiger partial charge in [-0.1, -0.05) is 17.7 Å². The summed E-state index contributed by atoms with van der Waals surface area (Å²) in [6.45, 7) is 1.84. The quantitative estimate of drug-likeness (QED) is 0.838. The average Bonchev–Trinajstić information content (AvgIpc) is 2.81. The van der Waals surface area contributed by atoms with Crippen LogP contribution in [0.2, 0.25) is 5.15 Å². The monoisotopic (exact) mass is 301 g/mol. The summed E-state index contributed by atoms with van der Waals surface area (Å²) in [5.74, 6) is -0.356. The number of amides is 2. The van der Waals surface area contributed by atoms with E-state index in [2.05, 4.69) is 15.6 Å². The van der Waals surface area contributed by atoms with E-state index in [0.717, 1.165) is 11.1 Å². The molecule has 2 aromatic rings. The van der Waals surface area contributed by atoms with Gasteiger partial charge in [0, 0.05) is 17.4 Å². The van der Waals surface area contributed by atoms with Gasteiger partial charge in [-0.2, -0.15) is 0 Å². The molecule has 6 heteroatoms. The van der Waals surface area contributed by atoms with Gasteiger partial charge >= 0.3 is 0 Å². The Morgan fingerprint density at radius 3 is 2.95 bits per heavy atom. The van der Waals surface area contributed by atoms with E-state index in [4.69, 9.17) is 11.6 Å². The van der Waals surface area contributed by atoms with Crippen LogP contribution < -0.4 is 10.6 Å². The number of carbonyl (C=O) groups is 2. The van der Waals surface area contributed by atoms with Crippen LogP contribution in [0.4, 0.5) is 11.4 Å². The van der Waals surface area contributed by atoms with Gasteiger partial charge in [0.25, 0.3) is 5.91 Å². The molecule has 1 aromatic carbocycles. The maximum Gasteiger partial charge on any atom is 0.255 e. The van der Waals surface area contributed by atoms with Gasteiger partial charge in [-0.15, -0.1) is 0 Å². The molecule has 2 heterocycles. The number of hydrogen-bond acceptors (Lipinski definition) is 3. The number of anilines is 2. The van der Waals surface area contributed by atoms with Gasteiger partial charge in [0.1, 0.15) is 0 Å². The maximum absolute atomic E-state index is 12.3. The van der Waals surface area contributed by atoms with Crippen molar-refractivity contribution in [2.45, 2.75) is 13.3 Å². The van der Waals surface area contributed by atoms with Gasteiger partial charge in [-0.25, -0.2) is 4.98 Å². The number of fused-ring (bicyclic) bond motifs is 1. The highest BCUT2D eigenvalue weighted by atomic mass is 35.5. The van der Waals surface area contributed by atoms with E-state index in [1.165, 1.54) is 0 Å². The van der Waals surface area contributed by atoms with Crippen molar-refractivity contribution in [1.82, 2.24) is 4.98 Å². The second-order valence-corrected chi connectivity index (χ2v) is 5.20. The number of rotatable bonds is 2. The number of nitrogens with zero attached hydrogens (tertiary/aromatic N) is 1. The minimum absolute atomic E-state index is 0.0614. The number of aryl methyl sites for hydroxylation is 1. The molecule has 0 bridgehead atoms. The molecular formula is C15H12ClN3O2. The van der Waals surface area contributed by atoms with Crippen molar-refractivity contribution < 1.29 is 9.59 Å². The fraction of sp³-hybridized carbons (Fsp3) is 0.133. The molecule has 0 radical (unpaired) electrons. The molecule has 0 saturated heterocycles. The first kappa shape index (κ1) is 13.6. The zero-order valence-corrected chi connectivity index (χ0v) is 12.0. The van der Waals surface area contributed by atoms with Crippen LogP contribution in [0.15, 0.2) is 30.5 Å². The molecule has 5 nitrogen and oxygen atoms in total. The zero-order valence-electron chi connectivity index (χ0n) is 11.2. The SMILES string of the molecule is Cc1ccnc(Cl)c1NC(=O)c1ccc2c(c1)NC(=O)C2. The van der Waals surface area contributed by atoms with E-state index in [-0.39, 0.29) is 17.0 Å². The molecule has 1 aliphatic rings. The summed E-state index contributed by atoms with van der Waals surface area (Å²) >= 11 is 5.99. The molecule has 0 unspecified atom stereocenters. The average molecular weight is 302 g/mol. The van der Waals surface area contributed by atoms with Crippen LogP contribution in [0.1, 0.15) is 21.5 Å². The first-order chi connectivity index (χ1) is 10.0. The van der Waals surface area contributed by atoms with Gasteiger partial charge in [0.05, 0.1) is 12.1 Å². The Morgan fingerprint density at radius 1 is 1.38 bits per heavy atom. The zero-order chi connectivity index (χ0) is 15.0. The van der Waals surface area contributed by atoms with E-state index in [0.29, 0.717) is 23.4 Å². The molecular weight excluding hydrogens is 290 g/mol. The van der Waals surface area contributed by atoms with Crippen LogP contribution in [-0.4, -0.2) is 16.8 Å². The van der Waals surface area contributed by atoms with Crippen molar-refractivity contribution in [3.63, 3.8) is 0 Å². The van der Waals surface area contributed by atoms with E-state index in [1.807, 2.05) is 6.92 Å². The molecule has 1 aliphatic heterocycles. The first-order valence-electron chi connectivity index (χ1n) is 6.40. The Morgan fingerprint density at radius 2 is 2.19 bits per heavy atom. The number of halogens is 1. The Balaban J connectivity index is 1.87. The van der Waals surface area contributed by atoms with Crippen molar-refractivity contribution in [1.29, 1.82) is 0 Å². The normalized spacial score (nSPS) is 12.8. The standard InChI is InChI=1S/C15H12ClN3O2/c1-8-4-5-17-14(16)13(8)19-15(21)10-3-2-9-7-12(20)18-11(9)6-10/h2-6H,7H2,1H3,(H,18,20)(H,19,21). The second-order valence-electron chi connectivity index (χ2n) is 4.84. The van der Waals surface area contributed by atoms with E-state index in [1.54, 1.807) is 30.5 Å². The lowest BCUT2D eigenvalue weighted by atomic mass is 10.1. The lowest BCUT2D eigenvalue weighted by Crippen LogP contribution is -2.13. The van der Waals surface area contributed by atoms with Crippen LogP contribution in [0.25, 0.3) is 0 Å². The van der Waals surface area contributed by atoms with E-state index < -0.39 is 0 Å². The predicted octanol–water partition coefficient (Wildman–Crippen LogP) is 2.79. The number of carbonyl (C=O) groups excluding carboxylic acids is 2. The van der Waals surface area contributed by atoms with Gasteiger partial charge in [-0.05, 0) is 36.2 Å². The molecule has 0 fully saturated rings. The third-order valence-electron chi connectivity index (χ3n) is 3.35. The number of benzene rings is 1. The van der Waals surface area contributed by atoms with E-state index >= 15 is 0 Å². The van der Waals surface area contributed by atoms with Crippen LogP contribution >= 0.6 is 11.6 Å². The molecule has 0 aliphatic carbocycles. The number of aromatic nitrogens is 1. The third kappa shape index (κ3) is 2.60. The summed E-state index contributed by atoms with van der Waals surface area (Å²) in [6, 6.07) is 6.90. The molecule has 1 aromatic heterocycles. The third-order valence-corrected chi connectivity index (χ3v) is 3.64. The van der Waals surface area contributed by atoms with Gasteiger partial charge < -0.3 is 10.6 Å². The van der Waals surface area contributed by atoms with Crippen molar-refractivity contribution in [2.24, 2.45) is 0 Å². The van der Waals surface area contributed by atoms with Gasteiger partial charge in [-0.3, -0.25) is 9.59 Å². The largest absolute Gasteiger partial charge is 0.326 e. The Bertz CT molecular complexity index is 738. The van der Waals surface area contributed by atoms with Crippen LogP contribution in [0.5, 0.6) is 0 Å². The highest BCUT2D eigenvalue weighted by Crippen LogP contribution is 2.26. The first-order valence-corrected chi connectivity index (χ1v) is 6.77. The lowest BCUT2D eigenvalue weighted by molar-refractivity contribution is -0.115. The topological polar surface area (TPSA) is 71.1 Å². The summed E-state index contributed by atoms with van der Waals surface area (Å²) in [4.78, 5) is 27.6. The predicted molar refractivity (Wildman–Crippen MR) is 80.7 cm³/mol. The smallest absolute Gasteiger partial charge is 0.255 e. The summed E-state index contributed by atoms with van der Waals surface area (Å²) in [5.41, 5.74) is 3.36. The minimum atomic E-state index is -0.294. The minimum Gasteiger partial charge on any atom is -0.326 e. The Kier molecular flexibility index (Phi) is 3.35. The molecule has 21 heavy (non-hydrogen) atoms. The van der Waals surface area contributed by atoms with E-state index in [9.17, 15) is 9.59 Å². The molecule has 3 rings (SSSR count). The number of hydrogen-bond donors (Lipinski definition) is 2. The summed E-state index contributed by atoms with van der Waals surface area (Å²) < 4.78 is 0. The second kappa shape index (κ2) is 5.18. The fourth-order valence-corrected chi connectivity index (χ4v) is 2.47. The van der Waals surface area contributed by atoms with Crippen molar-refractivity contribution >= 4 is 34.8 Å². The molecule has 0 saturated carbocycles. The van der Waals surface area contributed by atoms with Gasteiger partial charge in [0.15, 0.2) is 5.15 Å². The molecule has 2 N–H and O–H groups in total. The molecule has 0 spiro atoms. The van der Waals surface area contributed by atoms with Crippen molar-refractivity contribution in [3.05, 3.63) is 52.3 Å². The highest BCUT2D eigenvalue weighted by Gasteiger charge is 2.19. The molecule has 106 valence electrons. The molecule has 0 atom stereocenters. The Hall–Kier alpha value is -2.40. The summed E-state index contributed by atoms with van der Waals surface area (Å²) in [6.07, 6.45) is 1.93. The number of nitrogens with one attached hydrogen (secondary N) is 2. The number of pyridine rings is 1. The van der Waals surface area contributed by atoms with Crippen molar-refractivity contribution in [2.75, 3.05) is 10.6 Å². The van der Waals surface area contributed by atoms with Crippen LogP contribution in [0, 0.1) is 6.92 Å². The van der Waals surface area contributed by atoms with Gasteiger partial charge in [0.2, 0.25) is 5.91 Å². The highest BCUT2D eigenvalue weighted by molar-refractivity contribution is 6.32. The molecule has 2 amide bonds. The maximum atomic E-state index is 12.3. The van der Waals surface area contributed by atoms with Crippen LogP contribution in [-0.2, 0) is 11.2 Å². The van der Waals surface area contributed by atoms with Crippen molar-refractivity contribution in [3.8, 4) is 0 Å². The Labute approximate surface area is 126 Å². The lowest BCUT2D eigenvalue weighted by Gasteiger charge is -2.10. The summed E-state index contributed by atoms with van der Waals surface area (Å²) in [5, 5.41) is 5.72. The van der Waals surface area contributed by atoms with Crippen LogP contribution in [0.3, 0.4) is 0 Å². The fourth-order valence-electron chi connectivity index (χ4n) is 2.22.